The summed E-state index contributed by atoms with van der Waals surface area (Å²) in [6, 6.07) is 0. The van der Waals surface area contributed by atoms with Gasteiger partial charge in [0.15, 0.2) is 0 Å². The predicted molar refractivity (Wildman–Crippen MR) is 25.1 cm³/mol. The van der Waals surface area contributed by atoms with Crippen molar-refractivity contribution in [2.45, 2.75) is 0 Å². The Labute approximate surface area is 70.5 Å². The van der Waals surface area contributed by atoms with E-state index in [1.807, 2.05) is 0 Å². The van der Waals surface area contributed by atoms with Crippen molar-refractivity contribution in [1.82, 2.24) is 5.20 Å². The van der Waals surface area contributed by atoms with Gasteiger partial charge in [-0.3, -0.25) is 5.84 Å². The van der Waals surface area contributed by atoms with E-state index in [4.69, 9.17) is 9.79 Å². The van der Waals surface area contributed by atoms with Crippen molar-refractivity contribution in [3.63, 3.8) is 0 Å². The molecule has 40 valence electrons. The predicted octanol–water partition coefficient (Wildman–Crippen LogP) is -1.84. The van der Waals surface area contributed by atoms with Gasteiger partial charge in [-0.2, -0.15) is 5.20 Å². The SMILES string of the molecule is NNP(=O)(O)O.[Ca]. The second-order valence-electron chi connectivity index (χ2n) is 0.673. The van der Waals surface area contributed by atoms with E-state index in [0.29, 0.717) is 0 Å². The van der Waals surface area contributed by atoms with Gasteiger partial charge < -0.3 is 9.79 Å². The first-order chi connectivity index (χ1) is 2.56. The first-order valence-corrected chi connectivity index (χ1v) is 2.71. The summed E-state index contributed by atoms with van der Waals surface area (Å²) < 4.78 is 9.46. The van der Waals surface area contributed by atoms with Gasteiger partial charge in [-0.1, -0.05) is 0 Å². The molecular formula is H5CaN2O3P. The third kappa shape index (κ3) is 11.1. The normalized spacial score (nSPS) is 10.1. The standard InChI is InChI=1S/Ca.H5N2O3P/c;1-2-6(3,4)5/h;1H2,(H3,2,3,4,5). The minimum Gasteiger partial charge on any atom is -0.312 e. The quantitative estimate of drug-likeness (QED) is 0.153. The molecule has 0 atom stereocenters. The molecule has 0 spiro atoms. The summed E-state index contributed by atoms with van der Waals surface area (Å²) in [7, 11) is -4.12. The van der Waals surface area contributed by atoms with Crippen LogP contribution in [0.1, 0.15) is 0 Å². The van der Waals surface area contributed by atoms with Gasteiger partial charge in [0.05, 0.1) is 0 Å². The number of hydrogen-bond donors (Lipinski definition) is 4. The maximum Gasteiger partial charge on any atom is 0.413 e. The largest absolute Gasteiger partial charge is 0.413 e. The molecule has 0 aromatic heterocycles. The van der Waals surface area contributed by atoms with Crippen molar-refractivity contribution >= 4 is 45.5 Å². The zero-order valence-electron chi connectivity index (χ0n) is 3.53. The summed E-state index contributed by atoms with van der Waals surface area (Å²) in [5.41, 5.74) is 0. The average Bonchev–Trinajstić information content (AvgIpc) is 1.35. The van der Waals surface area contributed by atoms with Crippen LogP contribution in [0.3, 0.4) is 0 Å². The molecule has 0 aromatic rings. The van der Waals surface area contributed by atoms with Crippen molar-refractivity contribution in [2.75, 3.05) is 0 Å². The van der Waals surface area contributed by atoms with Gasteiger partial charge in [-0.25, -0.2) is 4.57 Å². The summed E-state index contributed by atoms with van der Waals surface area (Å²) in [5.74, 6) is 4.29. The zero-order valence-corrected chi connectivity index (χ0v) is 6.64. The Bertz CT molecular complexity index is 77.0. The third-order valence-electron chi connectivity index (χ3n) is 0.168. The molecule has 7 heteroatoms. The van der Waals surface area contributed by atoms with Crippen molar-refractivity contribution in [2.24, 2.45) is 5.84 Å². The summed E-state index contributed by atoms with van der Waals surface area (Å²) in [6.45, 7) is 0. The van der Waals surface area contributed by atoms with Crippen LogP contribution in [-0.4, -0.2) is 47.5 Å². The van der Waals surface area contributed by atoms with Gasteiger partial charge >= 0.3 is 7.75 Å². The van der Waals surface area contributed by atoms with Crippen molar-refractivity contribution in [3.05, 3.63) is 0 Å². The summed E-state index contributed by atoms with van der Waals surface area (Å²) >= 11 is 0. The van der Waals surface area contributed by atoms with E-state index in [-0.39, 0.29) is 37.7 Å². The number of rotatable bonds is 1. The molecule has 5 nitrogen and oxygen atoms in total. The van der Waals surface area contributed by atoms with E-state index in [9.17, 15) is 4.57 Å². The molecule has 7 heavy (non-hydrogen) atoms. The second-order valence-corrected chi connectivity index (χ2v) is 2.02. The molecule has 0 unspecified atom stereocenters. The van der Waals surface area contributed by atoms with Crippen LogP contribution in [0, 0.1) is 0 Å². The summed E-state index contributed by atoms with van der Waals surface area (Å²) in [6.07, 6.45) is 0. The molecule has 0 bridgehead atoms. The molecule has 0 aliphatic carbocycles. The van der Waals surface area contributed by atoms with Crippen molar-refractivity contribution < 1.29 is 14.4 Å². The van der Waals surface area contributed by atoms with Gasteiger partial charge in [0.1, 0.15) is 0 Å². The molecule has 0 rings (SSSR count). The van der Waals surface area contributed by atoms with Gasteiger partial charge in [-0.05, 0) is 0 Å². The molecule has 0 saturated carbocycles. The molecule has 0 aliphatic heterocycles. The minimum atomic E-state index is -4.12. The van der Waals surface area contributed by atoms with Crippen LogP contribution in [0.15, 0.2) is 0 Å². The first kappa shape index (κ1) is 11.2. The Morgan fingerprint density at radius 2 is 1.71 bits per heavy atom. The second kappa shape index (κ2) is 4.23. The zero-order chi connectivity index (χ0) is 5.21. The van der Waals surface area contributed by atoms with Gasteiger partial charge in [0.25, 0.3) is 0 Å². The Kier molecular flexibility index (Phi) is 6.75. The summed E-state index contributed by atoms with van der Waals surface area (Å²) in [5, 5.41) is 1.27. The van der Waals surface area contributed by atoms with E-state index in [2.05, 4.69) is 5.84 Å². The fourth-order valence-electron chi connectivity index (χ4n) is 0. The summed E-state index contributed by atoms with van der Waals surface area (Å²) in [4.78, 5) is 15.4. The Hall–Kier alpha value is 1.33. The van der Waals surface area contributed by atoms with Crippen molar-refractivity contribution in [1.29, 1.82) is 0 Å². The van der Waals surface area contributed by atoms with Crippen LogP contribution in [0.25, 0.3) is 0 Å². The van der Waals surface area contributed by atoms with E-state index in [1.54, 1.807) is 0 Å². The van der Waals surface area contributed by atoms with E-state index in [1.165, 1.54) is 5.20 Å². The Morgan fingerprint density at radius 1 is 1.57 bits per heavy atom. The monoisotopic (exact) mass is 152 g/mol. The van der Waals surface area contributed by atoms with Crippen LogP contribution in [0.2, 0.25) is 0 Å². The Balaban J connectivity index is 0. The van der Waals surface area contributed by atoms with Crippen LogP contribution in [0.5, 0.6) is 0 Å². The topological polar surface area (TPSA) is 95.6 Å². The number of nitrogens with one attached hydrogen (secondary N) is 1. The van der Waals surface area contributed by atoms with E-state index >= 15 is 0 Å². The Morgan fingerprint density at radius 3 is 1.71 bits per heavy atom. The first-order valence-electron chi connectivity index (χ1n) is 1.09. The maximum atomic E-state index is 9.46. The third-order valence-corrected chi connectivity index (χ3v) is 0.505. The van der Waals surface area contributed by atoms with Gasteiger partial charge in [0.2, 0.25) is 0 Å². The fraction of sp³-hybridized carbons (Fsp3) is 0. The van der Waals surface area contributed by atoms with Crippen LogP contribution in [0.4, 0.5) is 0 Å². The average molecular weight is 152 g/mol. The van der Waals surface area contributed by atoms with Crippen LogP contribution in [-0.2, 0) is 4.57 Å². The molecule has 0 aromatic carbocycles. The molecule has 0 amide bonds. The number of hydrogen-bond acceptors (Lipinski definition) is 2. The number of nitrogens with two attached hydrogens (primary N) is 1. The molecule has 0 heterocycles. The molecule has 5 N–H and O–H groups in total. The van der Waals surface area contributed by atoms with E-state index in [0.717, 1.165) is 0 Å². The fourth-order valence-corrected chi connectivity index (χ4v) is 0. The van der Waals surface area contributed by atoms with Gasteiger partial charge in [0, 0.05) is 37.7 Å². The maximum absolute atomic E-state index is 9.46. The molecule has 0 aliphatic rings. The molecular weight excluding hydrogens is 147 g/mol. The molecule has 2 radical (unpaired) electrons. The van der Waals surface area contributed by atoms with Gasteiger partial charge in [-0.15, -0.1) is 0 Å². The minimum absolute atomic E-state index is 0. The number of hydrazine groups is 1. The van der Waals surface area contributed by atoms with Crippen LogP contribution < -0.4 is 11.0 Å². The van der Waals surface area contributed by atoms with E-state index < -0.39 is 7.75 Å². The van der Waals surface area contributed by atoms with Crippen LogP contribution >= 0.6 is 7.75 Å². The molecule has 0 fully saturated rings. The molecule has 0 saturated heterocycles. The smallest absolute Gasteiger partial charge is 0.312 e. The van der Waals surface area contributed by atoms with Crippen molar-refractivity contribution in [3.8, 4) is 0 Å².